The summed E-state index contributed by atoms with van der Waals surface area (Å²) in [4.78, 5) is 15.5. The number of hydrogen-bond acceptors (Lipinski definition) is 4. The molecule has 3 aromatic heterocycles. The van der Waals surface area contributed by atoms with E-state index >= 15 is 0 Å². The van der Waals surface area contributed by atoms with Crippen molar-refractivity contribution in [2.75, 3.05) is 0 Å². The number of hydrogen-bond donors (Lipinski definition) is 0. The number of benzene rings is 7. The topological polar surface area (TPSA) is 56.7 Å². The Morgan fingerprint density at radius 1 is 0.457 bits per heavy atom. The van der Waals surface area contributed by atoms with Gasteiger partial charge in [-0.05, 0) is 40.4 Å². The minimum absolute atomic E-state index is 0.559. The number of rotatable bonds is 3. The molecule has 0 aliphatic carbocycles. The number of furan rings is 1. The van der Waals surface area contributed by atoms with Crippen molar-refractivity contribution in [3.63, 3.8) is 0 Å². The molecule has 0 N–H and O–H groups in total. The molecule has 0 saturated heterocycles. The fourth-order valence-electron chi connectivity index (χ4n) is 6.90. The zero-order valence-corrected chi connectivity index (χ0v) is 24.6. The van der Waals surface area contributed by atoms with Crippen molar-refractivity contribution in [2.24, 2.45) is 0 Å². The maximum atomic E-state index is 6.45. The van der Waals surface area contributed by atoms with E-state index in [1.807, 2.05) is 60.7 Å². The third-order valence-electron chi connectivity index (χ3n) is 9.02. The Bertz CT molecular complexity index is 2810. The molecule has 0 bridgehead atoms. The van der Waals surface area contributed by atoms with Crippen LogP contribution in [0.1, 0.15) is 0 Å². The van der Waals surface area contributed by atoms with E-state index in [2.05, 4.69) is 89.5 Å². The lowest BCUT2D eigenvalue weighted by Crippen LogP contribution is -2.06. The number of nitrogens with zero attached hydrogens (tertiary/aromatic N) is 4. The van der Waals surface area contributed by atoms with Gasteiger partial charge in [-0.25, -0.2) is 4.98 Å². The minimum Gasteiger partial charge on any atom is -0.455 e. The van der Waals surface area contributed by atoms with Crippen molar-refractivity contribution in [1.29, 1.82) is 0 Å². The van der Waals surface area contributed by atoms with Gasteiger partial charge in [0.05, 0.1) is 16.6 Å². The molecular formula is C41H24N4O. The first-order valence-electron chi connectivity index (χ1n) is 15.4. The highest BCUT2D eigenvalue weighted by atomic mass is 16.3. The molecule has 0 unspecified atom stereocenters. The summed E-state index contributed by atoms with van der Waals surface area (Å²) < 4.78 is 8.67. The third kappa shape index (κ3) is 3.66. The van der Waals surface area contributed by atoms with Crippen LogP contribution in [0.15, 0.2) is 150 Å². The first-order valence-corrected chi connectivity index (χ1v) is 15.4. The second kappa shape index (κ2) is 9.58. The molecule has 0 aliphatic heterocycles. The molecule has 0 aliphatic rings. The van der Waals surface area contributed by atoms with Crippen LogP contribution in [-0.2, 0) is 0 Å². The van der Waals surface area contributed by atoms with E-state index in [1.54, 1.807) is 0 Å². The lowest BCUT2D eigenvalue weighted by molar-refractivity contribution is 0.669. The Labute approximate surface area is 263 Å². The van der Waals surface area contributed by atoms with E-state index in [0.717, 1.165) is 71.0 Å². The summed E-state index contributed by atoms with van der Waals surface area (Å²) in [7, 11) is 0. The average Bonchev–Trinajstić information content (AvgIpc) is 3.66. The summed E-state index contributed by atoms with van der Waals surface area (Å²) in [6.45, 7) is 0. The molecule has 0 amide bonds. The number of para-hydroxylation sites is 2. The van der Waals surface area contributed by atoms with Crippen molar-refractivity contribution in [1.82, 2.24) is 19.5 Å². The van der Waals surface area contributed by atoms with Gasteiger partial charge in [0.2, 0.25) is 5.95 Å². The van der Waals surface area contributed by atoms with E-state index < -0.39 is 0 Å². The highest BCUT2D eigenvalue weighted by Gasteiger charge is 2.21. The standard InChI is InChI=1S/C41H24N4O/c1-2-12-26(13-3-1)39-42-40(33-19-10-18-32-30-17-8-9-20-36(30)46-38(32)33)44-41(43-39)45-35-24-28-15-5-4-14-27(28)23-34(35)31-22-21-25-11-6-7-16-29(25)37(31)45/h1-24H. The van der Waals surface area contributed by atoms with Crippen molar-refractivity contribution >= 4 is 65.3 Å². The lowest BCUT2D eigenvalue weighted by atomic mass is 10.0. The fraction of sp³-hybridized carbons (Fsp3) is 0. The molecule has 10 aromatic rings. The first-order chi connectivity index (χ1) is 22.8. The predicted octanol–water partition coefficient (Wildman–Crippen LogP) is 10.5. The highest BCUT2D eigenvalue weighted by molar-refractivity contribution is 6.20. The molecule has 5 heteroatoms. The highest BCUT2D eigenvalue weighted by Crippen LogP contribution is 2.39. The van der Waals surface area contributed by atoms with Crippen LogP contribution in [-0.4, -0.2) is 19.5 Å². The summed E-state index contributed by atoms with van der Waals surface area (Å²) in [5.41, 5.74) is 5.46. The maximum absolute atomic E-state index is 6.45. The molecule has 7 aromatic carbocycles. The molecule has 0 spiro atoms. The van der Waals surface area contributed by atoms with E-state index in [-0.39, 0.29) is 0 Å². The van der Waals surface area contributed by atoms with Crippen LogP contribution in [0, 0.1) is 0 Å². The normalized spacial score (nSPS) is 11.9. The predicted molar refractivity (Wildman–Crippen MR) is 187 cm³/mol. The van der Waals surface area contributed by atoms with Crippen molar-refractivity contribution in [3.05, 3.63) is 146 Å². The maximum Gasteiger partial charge on any atom is 0.238 e. The third-order valence-corrected chi connectivity index (χ3v) is 9.02. The second-order valence-electron chi connectivity index (χ2n) is 11.7. The Hall–Kier alpha value is -6.33. The van der Waals surface area contributed by atoms with Crippen LogP contribution in [0.25, 0.3) is 94.0 Å². The van der Waals surface area contributed by atoms with Crippen LogP contribution in [0.2, 0.25) is 0 Å². The van der Waals surface area contributed by atoms with Crippen LogP contribution in [0.5, 0.6) is 0 Å². The van der Waals surface area contributed by atoms with E-state index in [0.29, 0.717) is 17.6 Å². The second-order valence-corrected chi connectivity index (χ2v) is 11.7. The van der Waals surface area contributed by atoms with Gasteiger partial charge >= 0.3 is 0 Å². The zero-order valence-electron chi connectivity index (χ0n) is 24.6. The van der Waals surface area contributed by atoms with Gasteiger partial charge in [0.1, 0.15) is 11.2 Å². The van der Waals surface area contributed by atoms with Gasteiger partial charge < -0.3 is 4.42 Å². The van der Waals surface area contributed by atoms with E-state index in [1.165, 1.54) is 5.39 Å². The van der Waals surface area contributed by atoms with Crippen LogP contribution in [0.4, 0.5) is 0 Å². The SMILES string of the molecule is c1ccc(-c2nc(-c3cccc4c3oc3ccccc34)nc(-n3c4cc5ccccc5cc4c4ccc5ccccc5c43)n2)cc1. The first kappa shape index (κ1) is 25.0. The monoisotopic (exact) mass is 588 g/mol. The van der Waals surface area contributed by atoms with Gasteiger partial charge in [-0.1, -0.05) is 121 Å². The summed E-state index contributed by atoms with van der Waals surface area (Å²) in [6, 6.07) is 50.4. The Morgan fingerprint density at radius 2 is 1.15 bits per heavy atom. The van der Waals surface area contributed by atoms with Crippen LogP contribution < -0.4 is 0 Å². The molecule has 0 fully saturated rings. The minimum atomic E-state index is 0.559. The molecule has 10 rings (SSSR count). The molecule has 0 saturated carbocycles. The molecule has 46 heavy (non-hydrogen) atoms. The zero-order chi connectivity index (χ0) is 30.2. The summed E-state index contributed by atoms with van der Waals surface area (Å²) in [6.07, 6.45) is 0. The number of aromatic nitrogens is 4. The Morgan fingerprint density at radius 3 is 2.02 bits per heavy atom. The van der Waals surface area contributed by atoms with Gasteiger partial charge in [0.15, 0.2) is 11.6 Å². The van der Waals surface area contributed by atoms with Gasteiger partial charge in [-0.2, -0.15) is 9.97 Å². The molecule has 214 valence electrons. The Balaban J connectivity index is 1.36. The number of fused-ring (bicyclic) bond motifs is 9. The summed E-state index contributed by atoms with van der Waals surface area (Å²) in [5.74, 6) is 1.72. The lowest BCUT2D eigenvalue weighted by Gasteiger charge is -2.12. The quantitative estimate of drug-likeness (QED) is 0.206. The van der Waals surface area contributed by atoms with Gasteiger partial charge in [-0.15, -0.1) is 0 Å². The van der Waals surface area contributed by atoms with Crippen LogP contribution >= 0.6 is 0 Å². The van der Waals surface area contributed by atoms with Crippen molar-refractivity contribution in [3.8, 4) is 28.7 Å². The molecular weight excluding hydrogens is 564 g/mol. The molecule has 0 atom stereocenters. The average molecular weight is 589 g/mol. The largest absolute Gasteiger partial charge is 0.455 e. The smallest absolute Gasteiger partial charge is 0.238 e. The van der Waals surface area contributed by atoms with Gasteiger partial charge in [0.25, 0.3) is 0 Å². The van der Waals surface area contributed by atoms with E-state index in [4.69, 9.17) is 19.4 Å². The molecule has 5 nitrogen and oxygen atoms in total. The Kier molecular flexibility index (Phi) is 5.22. The van der Waals surface area contributed by atoms with Gasteiger partial charge in [-0.3, -0.25) is 4.57 Å². The summed E-state index contributed by atoms with van der Waals surface area (Å²) >= 11 is 0. The fourth-order valence-corrected chi connectivity index (χ4v) is 6.90. The molecule has 3 heterocycles. The van der Waals surface area contributed by atoms with Crippen molar-refractivity contribution < 1.29 is 4.42 Å². The van der Waals surface area contributed by atoms with Crippen molar-refractivity contribution in [2.45, 2.75) is 0 Å². The van der Waals surface area contributed by atoms with E-state index in [9.17, 15) is 0 Å². The summed E-state index contributed by atoms with van der Waals surface area (Å²) in [5, 5.41) is 9.07. The molecule has 0 radical (unpaired) electrons. The van der Waals surface area contributed by atoms with Gasteiger partial charge in [0, 0.05) is 32.5 Å². The van der Waals surface area contributed by atoms with Crippen LogP contribution in [0.3, 0.4) is 0 Å².